The van der Waals surface area contributed by atoms with Crippen molar-refractivity contribution in [2.24, 2.45) is 4.99 Å². The van der Waals surface area contributed by atoms with E-state index in [1.54, 1.807) is 68.5 Å². The summed E-state index contributed by atoms with van der Waals surface area (Å²) in [6, 6.07) is 14.9. The summed E-state index contributed by atoms with van der Waals surface area (Å²) in [4.78, 5) is 42.6. The minimum atomic E-state index is -0.446. The highest BCUT2D eigenvalue weighted by molar-refractivity contribution is 8.18. The van der Waals surface area contributed by atoms with Gasteiger partial charge in [-0.2, -0.15) is 0 Å². The molecule has 184 valence electrons. The molecule has 0 aliphatic carbocycles. The number of aliphatic imine (C=N–C) groups is 1. The molecule has 0 unspecified atom stereocenters. The molecule has 0 atom stereocenters. The number of carbonyl (C=O) groups is 2. The number of nitro benzene ring substituents is 1. The summed E-state index contributed by atoms with van der Waals surface area (Å²) in [5, 5.41) is 11.9. The molecule has 36 heavy (non-hydrogen) atoms. The standard InChI is InChI=1S/C26H23N3O6S/c1-4-28-24(30)23(36-26(28)27-18-8-6-7-17(14-18)25(31)34-5-2)15-19-10-12-22(35-19)20-11-9-16(3)13-21(20)29(32)33/h6-15H,4-5H2,1-3H3. The molecule has 1 amide bonds. The zero-order valence-corrected chi connectivity index (χ0v) is 20.7. The summed E-state index contributed by atoms with van der Waals surface area (Å²) in [7, 11) is 0. The van der Waals surface area contributed by atoms with Crippen LogP contribution < -0.4 is 0 Å². The molecule has 2 heterocycles. The maximum Gasteiger partial charge on any atom is 0.338 e. The van der Waals surface area contributed by atoms with Crippen LogP contribution in [-0.2, 0) is 9.53 Å². The number of furan rings is 1. The van der Waals surface area contributed by atoms with Crippen molar-refractivity contribution >= 4 is 46.3 Å². The highest BCUT2D eigenvalue weighted by atomic mass is 32.2. The van der Waals surface area contributed by atoms with Crippen molar-refractivity contribution in [2.75, 3.05) is 13.2 Å². The summed E-state index contributed by atoms with van der Waals surface area (Å²) in [5.74, 6) is 0.0467. The van der Waals surface area contributed by atoms with E-state index in [1.807, 2.05) is 6.92 Å². The second-order valence-corrected chi connectivity index (χ2v) is 8.81. The van der Waals surface area contributed by atoms with Gasteiger partial charge in [-0.15, -0.1) is 0 Å². The molecule has 0 N–H and O–H groups in total. The van der Waals surface area contributed by atoms with Crippen molar-refractivity contribution in [3.8, 4) is 11.3 Å². The van der Waals surface area contributed by atoms with Gasteiger partial charge in [0.15, 0.2) is 5.17 Å². The largest absolute Gasteiger partial charge is 0.462 e. The van der Waals surface area contributed by atoms with Crippen LogP contribution >= 0.6 is 11.8 Å². The average Bonchev–Trinajstić information content (AvgIpc) is 3.43. The smallest absolute Gasteiger partial charge is 0.338 e. The molecule has 2 aromatic carbocycles. The van der Waals surface area contributed by atoms with E-state index in [0.29, 0.717) is 45.0 Å². The number of carbonyl (C=O) groups excluding carboxylic acids is 2. The third-order valence-corrected chi connectivity index (χ3v) is 6.31. The number of benzene rings is 2. The number of esters is 1. The molecular weight excluding hydrogens is 482 g/mol. The van der Waals surface area contributed by atoms with Gasteiger partial charge in [0, 0.05) is 18.7 Å². The fourth-order valence-corrected chi connectivity index (χ4v) is 4.65. The van der Waals surface area contributed by atoms with Crippen molar-refractivity contribution in [3.63, 3.8) is 0 Å². The van der Waals surface area contributed by atoms with E-state index in [9.17, 15) is 19.7 Å². The minimum Gasteiger partial charge on any atom is -0.462 e. The van der Waals surface area contributed by atoms with Crippen molar-refractivity contribution in [3.05, 3.63) is 86.5 Å². The van der Waals surface area contributed by atoms with Crippen LogP contribution in [0, 0.1) is 17.0 Å². The van der Waals surface area contributed by atoms with E-state index in [4.69, 9.17) is 9.15 Å². The first kappa shape index (κ1) is 24.9. The Balaban J connectivity index is 1.62. The third kappa shape index (κ3) is 5.23. The SMILES string of the molecule is CCOC(=O)c1cccc(N=C2SC(=Cc3ccc(-c4ccc(C)cc4[N+](=O)[O-])o3)C(=O)N2CC)c1. The Morgan fingerprint density at radius 2 is 2.00 bits per heavy atom. The van der Waals surface area contributed by atoms with Gasteiger partial charge >= 0.3 is 5.97 Å². The van der Waals surface area contributed by atoms with E-state index in [-0.39, 0.29) is 18.2 Å². The number of amidine groups is 1. The zero-order chi connectivity index (χ0) is 25.8. The first-order valence-electron chi connectivity index (χ1n) is 11.2. The molecule has 4 rings (SSSR count). The van der Waals surface area contributed by atoms with E-state index in [1.165, 1.54) is 22.7 Å². The molecule has 0 spiro atoms. The molecule has 0 saturated carbocycles. The lowest BCUT2D eigenvalue weighted by Gasteiger charge is -2.12. The quantitative estimate of drug-likeness (QED) is 0.168. The van der Waals surface area contributed by atoms with Gasteiger partial charge in [-0.1, -0.05) is 12.1 Å². The maximum absolute atomic E-state index is 13.0. The minimum absolute atomic E-state index is 0.0495. The Hall–Kier alpha value is -4.18. The van der Waals surface area contributed by atoms with E-state index < -0.39 is 10.9 Å². The number of thioether (sulfide) groups is 1. The van der Waals surface area contributed by atoms with Crippen LogP contribution in [0.25, 0.3) is 17.4 Å². The lowest BCUT2D eigenvalue weighted by molar-refractivity contribution is -0.384. The Bertz CT molecular complexity index is 1410. The van der Waals surface area contributed by atoms with Gasteiger partial charge in [-0.05, 0) is 74.5 Å². The lowest BCUT2D eigenvalue weighted by atomic mass is 10.1. The van der Waals surface area contributed by atoms with Crippen LogP contribution in [0.5, 0.6) is 0 Å². The van der Waals surface area contributed by atoms with E-state index in [2.05, 4.69) is 4.99 Å². The molecule has 1 saturated heterocycles. The monoisotopic (exact) mass is 505 g/mol. The normalized spacial score (nSPS) is 15.6. The van der Waals surface area contributed by atoms with Gasteiger partial charge in [-0.25, -0.2) is 9.79 Å². The summed E-state index contributed by atoms with van der Waals surface area (Å²) >= 11 is 1.18. The summed E-state index contributed by atoms with van der Waals surface area (Å²) in [6.07, 6.45) is 1.59. The highest BCUT2D eigenvalue weighted by Crippen LogP contribution is 2.36. The molecule has 1 aliphatic heterocycles. The van der Waals surface area contributed by atoms with Crippen LogP contribution in [0.3, 0.4) is 0 Å². The number of nitrogens with zero attached hydrogens (tertiary/aromatic N) is 3. The summed E-state index contributed by atoms with van der Waals surface area (Å²) in [5.41, 5.74) is 1.97. The number of amides is 1. The Morgan fingerprint density at radius 1 is 1.19 bits per heavy atom. The van der Waals surface area contributed by atoms with Gasteiger partial charge in [0.2, 0.25) is 0 Å². The zero-order valence-electron chi connectivity index (χ0n) is 19.9. The number of hydrogen-bond acceptors (Lipinski definition) is 8. The molecule has 0 bridgehead atoms. The predicted molar refractivity (Wildman–Crippen MR) is 138 cm³/mol. The average molecular weight is 506 g/mol. The fraction of sp³-hybridized carbons (Fsp3) is 0.192. The van der Waals surface area contributed by atoms with Gasteiger partial charge in [0.05, 0.1) is 33.2 Å². The van der Waals surface area contributed by atoms with Crippen molar-refractivity contribution in [1.82, 2.24) is 4.90 Å². The second-order valence-electron chi connectivity index (χ2n) is 7.80. The van der Waals surface area contributed by atoms with E-state index >= 15 is 0 Å². The number of likely N-dealkylation sites (N-methyl/N-ethyl adjacent to an activating group) is 1. The Morgan fingerprint density at radius 3 is 2.72 bits per heavy atom. The van der Waals surface area contributed by atoms with Crippen LogP contribution in [-0.4, -0.2) is 40.0 Å². The molecule has 3 aromatic rings. The van der Waals surface area contributed by atoms with E-state index in [0.717, 1.165) is 5.56 Å². The van der Waals surface area contributed by atoms with Crippen molar-refractivity contribution in [2.45, 2.75) is 20.8 Å². The highest BCUT2D eigenvalue weighted by Gasteiger charge is 2.32. The molecule has 0 radical (unpaired) electrons. The first-order chi connectivity index (χ1) is 17.3. The Labute approximate surface area is 211 Å². The molecule has 1 aromatic heterocycles. The number of hydrogen-bond donors (Lipinski definition) is 0. The van der Waals surface area contributed by atoms with Crippen LogP contribution in [0.2, 0.25) is 0 Å². The third-order valence-electron chi connectivity index (χ3n) is 5.30. The number of ether oxygens (including phenoxy) is 1. The van der Waals surface area contributed by atoms with Crippen LogP contribution in [0.1, 0.15) is 35.5 Å². The number of aryl methyl sites for hydroxylation is 1. The van der Waals surface area contributed by atoms with Gasteiger partial charge in [0.25, 0.3) is 11.6 Å². The van der Waals surface area contributed by atoms with Crippen LogP contribution in [0.4, 0.5) is 11.4 Å². The molecule has 10 heteroatoms. The maximum atomic E-state index is 13.0. The topological polar surface area (TPSA) is 115 Å². The lowest BCUT2D eigenvalue weighted by Crippen LogP contribution is -2.28. The first-order valence-corrected chi connectivity index (χ1v) is 12.0. The molecule has 9 nitrogen and oxygen atoms in total. The molecule has 1 fully saturated rings. The second kappa shape index (κ2) is 10.6. The number of rotatable bonds is 7. The molecular formula is C26H23N3O6S. The van der Waals surface area contributed by atoms with Gasteiger partial charge < -0.3 is 9.15 Å². The van der Waals surface area contributed by atoms with Crippen molar-refractivity contribution < 1.29 is 23.7 Å². The number of nitro groups is 1. The summed E-state index contributed by atoms with van der Waals surface area (Å²) in [6.45, 7) is 6.03. The predicted octanol–water partition coefficient (Wildman–Crippen LogP) is 5.96. The molecule has 1 aliphatic rings. The van der Waals surface area contributed by atoms with Crippen molar-refractivity contribution in [1.29, 1.82) is 0 Å². The fourth-order valence-electron chi connectivity index (χ4n) is 3.60. The Kier molecular flexibility index (Phi) is 7.35. The van der Waals surface area contributed by atoms with Crippen LogP contribution in [0.15, 0.2) is 68.9 Å². The van der Waals surface area contributed by atoms with Gasteiger partial charge in [-0.3, -0.25) is 19.8 Å². The van der Waals surface area contributed by atoms with Gasteiger partial charge in [0.1, 0.15) is 11.5 Å². The summed E-state index contributed by atoms with van der Waals surface area (Å²) < 4.78 is 10.9.